The van der Waals surface area contributed by atoms with Crippen LogP contribution in [0.5, 0.6) is 0 Å². The van der Waals surface area contributed by atoms with Crippen molar-refractivity contribution in [3.63, 3.8) is 0 Å². The fourth-order valence-corrected chi connectivity index (χ4v) is 4.63. The van der Waals surface area contributed by atoms with E-state index in [2.05, 4.69) is 11.9 Å². The van der Waals surface area contributed by atoms with Crippen LogP contribution in [0, 0.1) is 0 Å². The molecule has 4 rings (SSSR count). The lowest BCUT2D eigenvalue weighted by molar-refractivity contribution is -0.118. The number of fused-ring (bicyclic) bond motifs is 1. The highest BCUT2D eigenvalue weighted by Crippen LogP contribution is 2.27. The molecule has 34 heavy (non-hydrogen) atoms. The molecule has 0 spiro atoms. The van der Waals surface area contributed by atoms with E-state index in [0.29, 0.717) is 34.3 Å². The number of nitrogens with two attached hydrogens (primary N) is 1. The number of amides is 2. The molecule has 0 radical (unpaired) electrons. The standard InChI is InChI=1S/C26H30ClN5O2/c1-17(18-8-11-20(27)12-9-18)29-26-30-22-16-19(10-13-23(22)32(26)15-14-24(28)33)25(34)31(2)21-6-4-3-5-7-21/h8-13,16,21H,1,3-7,14-15H2,2H3,(H2,28,33)(H,29,30). The Balaban J connectivity index is 1.63. The summed E-state index contributed by atoms with van der Waals surface area (Å²) in [5.74, 6) is 0.132. The third-order valence-corrected chi connectivity index (χ3v) is 6.73. The first kappa shape index (κ1) is 23.8. The van der Waals surface area contributed by atoms with E-state index in [4.69, 9.17) is 22.3 Å². The minimum Gasteiger partial charge on any atom is -0.370 e. The summed E-state index contributed by atoms with van der Waals surface area (Å²) >= 11 is 6.00. The summed E-state index contributed by atoms with van der Waals surface area (Å²) in [7, 11) is 1.89. The van der Waals surface area contributed by atoms with Gasteiger partial charge in [-0.1, -0.05) is 49.6 Å². The van der Waals surface area contributed by atoms with E-state index in [0.717, 1.165) is 36.8 Å². The van der Waals surface area contributed by atoms with Crippen LogP contribution in [0.2, 0.25) is 5.02 Å². The number of carbonyl (C=O) groups excluding carboxylic acids is 2. The summed E-state index contributed by atoms with van der Waals surface area (Å²) in [4.78, 5) is 31.2. The molecule has 0 bridgehead atoms. The van der Waals surface area contributed by atoms with Crippen molar-refractivity contribution in [1.29, 1.82) is 0 Å². The van der Waals surface area contributed by atoms with Crippen molar-refractivity contribution in [3.05, 3.63) is 65.2 Å². The number of aryl methyl sites for hydroxylation is 1. The summed E-state index contributed by atoms with van der Waals surface area (Å²) in [5.41, 5.74) is 8.98. The molecular weight excluding hydrogens is 450 g/mol. The van der Waals surface area contributed by atoms with E-state index in [1.165, 1.54) is 6.42 Å². The predicted octanol–water partition coefficient (Wildman–Crippen LogP) is 5.05. The third kappa shape index (κ3) is 5.25. The van der Waals surface area contributed by atoms with Crippen molar-refractivity contribution in [2.24, 2.45) is 5.73 Å². The number of imidazole rings is 1. The van der Waals surface area contributed by atoms with Gasteiger partial charge in [0.15, 0.2) is 0 Å². The molecule has 1 fully saturated rings. The summed E-state index contributed by atoms with van der Waals surface area (Å²) in [6.45, 7) is 4.48. The summed E-state index contributed by atoms with van der Waals surface area (Å²) in [6, 6.07) is 13.1. The average Bonchev–Trinajstić information content (AvgIpc) is 3.18. The zero-order valence-electron chi connectivity index (χ0n) is 19.4. The van der Waals surface area contributed by atoms with Crippen LogP contribution >= 0.6 is 11.6 Å². The highest BCUT2D eigenvalue weighted by atomic mass is 35.5. The van der Waals surface area contributed by atoms with Crippen LogP contribution in [0.25, 0.3) is 16.7 Å². The molecule has 8 heteroatoms. The molecule has 7 nitrogen and oxygen atoms in total. The number of nitrogens with zero attached hydrogens (tertiary/aromatic N) is 3. The van der Waals surface area contributed by atoms with E-state index >= 15 is 0 Å². The normalized spacial score (nSPS) is 14.2. The molecule has 1 saturated carbocycles. The van der Waals surface area contributed by atoms with Gasteiger partial charge in [0.05, 0.1) is 11.0 Å². The molecule has 3 aromatic rings. The van der Waals surface area contributed by atoms with Crippen molar-refractivity contribution in [3.8, 4) is 0 Å². The summed E-state index contributed by atoms with van der Waals surface area (Å²) in [6.07, 6.45) is 5.83. The van der Waals surface area contributed by atoms with Crippen LogP contribution in [0.1, 0.15) is 54.4 Å². The van der Waals surface area contributed by atoms with Crippen LogP contribution in [0.3, 0.4) is 0 Å². The molecule has 1 aromatic heterocycles. The lowest BCUT2D eigenvalue weighted by Crippen LogP contribution is -2.38. The third-order valence-electron chi connectivity index (χ3n) is 6.48. The molecule has 1 aliphatic rings. The van der Waals surface area contributed by atoms with Gasteiger partial charge in [-0.15, -0.1) is 0 Å². The van der Waals surface area contributed by atoms with Crippen molar-refractivity contribution < 1.29 is 9.59 Å². The maximum atomic E-state index is 13.2. The van der Waals surface area contributed by atoms with E-state index in [9.17, 15) is 9.59 Å². The maximum absolute atomic E-state index is 13.2. The first-order valence-electron chi connectivity index (χ1n) is 11.6. The number of aromatic nitrogens is 2. The van der Waals surface area contributed by atoms with Gasteiger partial charge in [-0.3, -0.25) is 9.59 Å². The number of rotatable bonds is 8. The van der Waals surface area contributed by atoms with Gasteiger partial charge in [-0.25, -0.2) is 4.98 Å². The van der Waals surface area contributed by atoms with Gasteiger partial charge >= 0.3 is 0 Å². The quantitative estimate of drug-likeness (QED) is 0.472. The zero-order valence-corrected chi connectivity index (χ0v) is 20.1. The van der Waals surface area contributed by atoms with Crippen LogP contribution < -0.4 is 11.1 Å². The van der Waals surface area contributed by atoms with E-state index in [-0.39, 0.29) is 18.4 Å². The predicted molar refractivity (Wildman–Crippen MR) is 137 cm³/mol. The van der Waals surface area contributed by atoms with Gasteiger partial charge in [0.25, 0.3) is 5.91 Å². The highest BCUT2D eigenvalue weighted by Gasteiger charge is 2.24. The first-order valence-corrected chi connectivity index (χ1v) is 12.0. The lowest BCUT2D eigenvalue weighted by Gasteiger charge is -2.31. The van der Waals surface area contributed by atoms with E-state index in [1.807, 2.05) is 46.8 Å². The second-order valence-electron chi connectivity index (χ2n) is 8.83. The first-order chi connectivity index (χ1) is 16.3. The number of hydrogen-bond donors (Lipinski definition) is 2. The Bertz CT molecular complexity index is 1210. The Labute approximate surface area is 204 Å². The van der Waals surface area contributed by atoms with Crippen molar-refractivity contribution in [2.75, 3.05) is 12.4 Å². The van der Waals surface area contributed by atoms with Gasteiger partial charge in [-0.2, -0.15) is 0 Å². The molecule has 0 atom stereocenters. The van der Waals surface area contributed by atoms with Gasteiger partial charge in [-0.05, 0) is 48.7 Å². The SMILES string of the molecule is C=C(Nc1nc2cc(C(=O)N(C)C3CCCCC3)ccc2n1CCC(N)=O)c1ccc(Cl)cc1. The average molecular weight is 480 g/mol. The zero-order chi connectivity index (χ0) is 24.2. The van der Waals surface area contributed by atoms with E-state index in [1.54, 1.807) is 12.1 Å². The number of halogens is 1. The molecule has 1 heterocycles. The summed E-state index contributed by atoms with van der Waals surface area (Å²) in [5, 5.41) is 3.89. The molecule has 178 valence electrons. The number of benzene rings is 2. The molecule has 0 saturated heterocycles. The fraction of sp³-hybridized carbons (Fsp3) is 0.346. The van der Waals surface area contributed by atoms with Crippen LogP contribution in [0.4, 0.5) is 5.95 Å². The highest BCUT2D eigenvalue weighted by molar-refractivity contribution is 6.30. The maximum Gasteiger partial charge on any atom is 0.253 e. The second-order valence-corrected chi connectivity index (χ2v) is 9.26. The summed E-state index contributed by atoms with van der Waals surface area (Å²) < 4.78 is 1.89. The lowest BCUT2D eigenvalue weighted by atomic mass is 9.94. The number of primary amides is 1. The van der Waals surface area contributed by atoms with Crippen molar-refractivity contribution in [1.82, 2.24) is 14.5 Å². The van der Waals surface area contributed by atoms with Crippen LogP contribution in [-0.2, 0) is 11.3 Å². The van der Waals surface area contributed by atoms with Gasteiger partial charge in [0, 0.05) is 42.3 Å². The van der Waals surface area contributed by atoms with Crippen molar-refractivity contribution >= 4 is 46.1 Å². The molecule has 1 aliphatic carbocycles. The van der Waals surface area contributed by atoms with Crippen molar-refractivity contribution in [2.45, 2.75) is 51.1 Å². The van der Waals surface area contributed by atoms with Crippen LogP contribution in [0.15, 0.2) is 49.0 Å². The Hall–Kier alpha value is -3.32. The minimum atomic E-state index is -0.398. The van der Waals surface area contributed by atoms with Gasteiger partial charge < -0.3 is 20.5 Å². The smallest absolute Gasteiger partial charge is 0.253 e. The molecule has 0 aliphatic heterocycles. The fourth-order valence-electron chi connectivity index (χ4n) is 4.50. The Morgan fingerprint density at radius 2 is 1.82 bits per heavy atom. The van der Waals surface area contributed by atoms with Crippen LogP contribution in [-0.4, -0.2) is 39.4 Å². The van der Waals surface area contributed by atoms with E-state index < -0.39 is 5.91 Å². The molecule has 3 N–H and O–H groups in total. The molecular formula is C26H30ClN5O2. The number of carbonyl (C=O) groups is 2. The minimum absolute atomic E-state index is 0.000527. The monoisotopic (exact) mass is 479 g/mol. The molecule has 2 aromatic carbocycles. The molecule has 0 unspecified atom stereocenters. The Morgan fingerprint density at radius 3 is 2.50 bits per heavy atom. The Kier molecular flexibility index (Phi) is 7.22. The second kappa shape index (κ2) is 10.3. The largest absolute Gasteiger partial charge is 0.370 e. The Morgan fingerprint density at radius 1 is 1.15 bits per heavy atom. The molecule has 2 amide bonds. The number of anilines is 1. The number of hydrogen-bond acceptors (Lipinski definition) is 4. The topological polar surface area (TPSA) is 93.2 Å². The van der Waals surface area contributed by atoms with Gasteiger partial charge in [0.1, 0.15) is 0 Å². The van der Waals surface area contributed by atoms with Gasteiger partial charge in [0.2, 0.25) is 11.9 Å². The number of nitrogens with one attached hydrogen (secondary N) is 1.